The monoisotopic (exact) mass is 525 g/mol. The van der Waals surface area contributed by atoms with Gasteiger partial charge in [0.05, 0.1) is 28.2 Å². The molecule has 0 radical (unpaired) electrons. The van der Waals surface area contributed by atoms with E-state index < -0.39 is 11.9 Å². The summed E-state index contributed by atoms with van der Waals surface area (Å²) in [5, 5.41) is 4.24. The van der Waals surface area contributed by atoms with E-state index >= 15 is 0 Å². The maximum Gasteiger partial charge on any atom is 0.338 e. The van der Waals surface area contributed by atoms with Crippen molar-refractivity contribution < 1.29 is 19.1 Å². The molecule has 1 atom stereocenters. The fraction of sp³-hybridized carbons (Fsp3) is 0.227. The van der Waals surface area contributed by atoms with Crippen LogP contribution in [-0.4, -0.2) is 34.5 Å². The number of urea groups is 1. The number of carbonyl (C=O) groups excluding carboxylic acids is 2. The first-order valence-corrected chi connectivity index (χ1v) is 11.8. The van der Waals surface area contributed by atoms with E-state index in [-0.39, 0.29) is 10.4 Å². The molecule has 0 saturated carbocycles. The molecule has 0 aliphatic carbocycles. The third-order valence-corrected chi connectivity index (χ3v) is 6.61. The first kappa shape index (κ1) is 25.2. The lowest BCUT2D eigenvalue weighted by Crippen LogP contribution is -2.46. The van der Waals surface area contributed by atoms with Crippen molar-refractivity contribution in [2.45, 2.75) is 26.4 Å². The summed E-state index contributed by atoms with van der Waals surface area (Å²) < 4.78 is 11.5. The van der Waals surface area contributed by atoms with Gasteiger partial charge in [-0.1, -0.05) is 48.0 Å². The van der Waals surface area contributed by atoms with Gasteiger partial charge < -0.3 is 14.8 Å². The second-order valence-corrected chi connectivity index (χ2v) is 9.45. The number of nitrogens with zero attached hydrogens (tertiary/aromatic N) is 1. The number of rotatable bonds is 7. The SMILES string of the molecule is CC[C@H](C)Oc1ccc(/C=C2\SC(=S)N(NC(=O)Nc3ccc(Cl)c(Cl)c3)C2=O)cc1OC. The summed E-state index contributed by atoms with van der Waals surface area (Å²) in [7, 11) is 1.55. The van der Waals surface area contributed by atoms with Crippen LogP contribution in [0.15, 0.2) is 41.3 Å². The third kappa shape index (κ3) is 6.32. The molecular weight excluding hydrogens is 505 g/mol. The van der Waals surface area contributed by atoms with Crippen LogP contribution in [0.5, 0.6) is 11.5 Å². The predicted octanol–water partition coefficient (Wildman–Crippen LogP) is 6.12. The van der Waals surface area contributed by atoms with Crippen LogP contribution in [0.4, 0.5) is 10.5 Å². The highest BCUT2D eigenvalue weighted by atomic mass is 35.5. The zero-order valence-corrected chi connectivity index (χ0v) is 21.1. The standard InChI is InChI=1S/C22H21Cl2N3O4S2/c1-4-12(2)31-17-8-5-13(9-18(17)30-3)10-19-20(28)27(22(32)33-19)26-21(29)25-14-6-7-15(23)16(24)11-14/h5-12H,4H2,1-3H3,(H2,25,26,29)/b19-10-/t12-/m0/s1. The number of hydrazine groups is 1. The number of hydrogen-bond donors (Lipinski definition) is 2. The van der Waals surface area contributed by atoms with Crippen molar-refractivity contribution in [3.05, 3.63) is 56.9 Å². The first-order valence-electron chi connectivity index (χ1n) is 9.87. The van der Waals surface area contributed by atoms with Crippen LogP contribution >= 0.6 is 47.2 Å². The Bertz CT molecular complexity index is 1130. The van der Waals surface area contributed by atoms with E-state index in [2.05, 4.69) is 10.7 Å². The Hall–Kier alpha value is -2.46. The van der Waals surface area contributed by atoms with Gasteiger partial charge in [-0.25, -0.2) is 10.2 Å². The van der Waals surface area contributed by atoms with Crippen molar-refractivity contribution in [3.63, 3.8) is 0 Å². The second-order valence-electron chi connectivity index (χ2n) is 6.96. The number of hydrogen-bond acceptors (Lipinski definition) is 6. The Kier molecular flexibility index (Phi) is 8.47. The molecule has 0 bridgehead atoms. The molecular formula is C22H21Cl2N3O4S2. The molecule has 0 unspecified atom stereocenters. The van der Waals surface area contributed by atoms with Gasteiger partial charge in [0.25, 0.3) is 5.91 Å². The minimum Gasteiger partial charge on any atom is -0.493 e. The molecule has 2 aromatic carbocycles. The summed E-state index contributed by atoms with van der Waals surface area (Å²) in [4.78, 5) is 25.5. The predicted molar refractivity (Wildman–Crippen MR) is 137 cm³/mol. The van der Waals surface area contributed by atoms with Gasteiger partial charge in [-0.15, -0.1) is 0 Å². The summed E-state index contributed by atoms with van der Waals surface area (Å²) in [5.74, 6) is 0.726. The Labute approximate surface area is 211 Å². The Morgan fingerprint density at radius 1 is 1.21 bits per heavy atom. The van der Waals surface area contributed by atoms with E-state index in [1.54, 1.807) is 37.5 Å². The lowest BCUT2D eigenvalue weighted by atomic mass is 10.2. The summed E-state index contributed by atoms with van der Waals surface area (Å²) >= 11 is 18.2. The minimum absolute atomic E-state index is 0.0436. The van der Waals surface area contributed by atoms with E-state index in [4.69, 9.17) is 44.9 Å². The minimum atomic E-state index is -0.654. The van der Waals surface area contributed by atoms with Gasteiger partial charge in [0.1, 0.15) is 0 Å². The quantitative estimate of drug-likeness (QED) is 0.335. The normalized spacial score (nSPS) is 15.5. The highest BCUT2D eigenvalue weighted by Crippen LogP contribution is 2.34. The summed E-state index contributed by atoms with van der Waals surface area (Å²) in [5.41, 5.74) is 3.58. The summed E-state index contributed by atoms with van der Waals surface area (Å²) in [6, 6.07) is 9.36. The fourth-order valence-corrected chi connectivity index (χ4v) is 4.20. The molecule has 2 aromatic rings. The van der Waals surface area contributed by atoms with E-state index in [9.17, 15) is 9.59 Å². The number of amides is 3. The molecule has 7 nitrogen and oxygen atoms in total. The zero-order chi connectivity index (χ0) is 24.1. The molecule has 33 heavy (non-hydrogen) atoms. The van der Waals surface area contributed by atoms with Gasteiger partial charge in [-0.3, -0.25) is 4.79 Å². The first-order chi connectivity index (χ1) is 15.7. The zero-order valence-electron chi connectivity index (χ0n) is 18.0. The summed E-state index contributed by atoms with van der Waals surface area (Å²) in [6.45, 7) is 4.01. The van der Waals surface area contributed by atoms with Crippen molar-refractivity contribution in [3.8, 4) is 11.5 Å². The second kappa shape index (κ2) is 11.1. The van der Waals surface area contributed by atoms with Crippen LogP contribution in [0.2, 0.25) is 10.0 Å². The van der Waals surface area contributed by atoms with Crippen LogP contribution in [0, 0.1) is 0 Å². The maximum atomic E-state index is 12.8. The molecule has 3 rings (SSSR count). The molecule has 3 amide bonds. The van der Waals surface area contributed by atoms with Crippen LogP contribution < -0.4 is 20.2 Å². The van der Waals surface area contributed by atoms with Gasteiger partial charge in [-0.05, 0) is 67.5 Å². The Balaban J connectivity index is 1.71. The van der Waals surface area contributed by atoms with Gasteiger partial charge in [0.15, 0.2) is 15.8 Å². The molecule has 1 aliphatic heterocycles. The van der Waals surface area contributed by atoms with Crippen molar-refractivity contribution in [2.75, 3.05) is 12.4 Å². The molecule has 1 fully saturated rings. The number of nitrogens with one attached hydrogen (secondary N) is 2. The number of anilines is 1. The maximum absolute atomic E-state index is 12.8. The number of methoxy groups -OCH3 is 1. The van der Waals surface area contributed by atoms with Gasteiger partial charge in [-0.2, -0.15) is 5.01 Å². The Morgan fingerprint density at radius 2 is 1.97 bits per heavy atom. The van der Waals surface area contributed by atoms with Gasteiger partial charge >= 0.3 is 6.03 Å². The van der Waals surface area contributed by atoms with Crippen LogP contribution in [0.1, 0.15) is 25.8 Å². The molecule has 0 spiro atoms. The topological polar surface area (TPSA) is 79.9 Å². The molecule has 174 valence electrons. The average molecular weight is 526 g/mol. The lowest BCUT2D eigenvalue weighted by molar-refractivity contribution is -0.123. The average Bonchev–Trinajstić information content (AvgIpc) is 3.04. The summed E-state index contributed by atoms with van der Waals surface area (Å²) in [6.07, 6.45) is 2.58. The molecule has 1 heterocycles. The van der Waals surface area contributed by atoms with Gasteiger partial charge in [0.2, 0.25) is 0 Å². The number of halogens is 2. The highest BCUT2D eigenvalue weighted by molar-refractivity contribution is 8.26. The van der Waals surface area contributed by atoms with Crippen LogP contribution in [0.3, 0.4) is 0 Å². The molecule has 0 aromatic heterocycles. The van der Waals surface area contributed by atoms with Crippen molar-refractivity contribution in [1.29, 1.82) is 0 Å². The van der Waals surface area contributed by atoms with E-state index in [1.807, 2.05) is 19.9 Å². The number of thiocarbonyl (C=S) groups is 1. The van der Waals surface area contributed by atoms with Crippen molar-refractivity contribution >= 4 is 75.2 Å². The molecule has 2 N–H and O–H groups in total. The van der Waals surface area contributed by atoms with E-state index in [0.717, 1.165) is 28.8 Å². The van der Waals surface area contributed by atoms with Gasteiger partial charge in [0, 0.05) is 5.69 Å². The molecule has 11 heteroatoms. The van der Waals surface area contributed by atoms with E-state index in [1.165, 1.54) is 6.07 Å². The lowest BCUT2D eigenvalue weighted by Gasteiger charge is -2.16. The van der Waals surface area contributed by atoms with Crippen LogP contribution in [0.25, 0.3) is 6.08 Å². The largest absolute Gasteiger partial charge is 0.493 e. The third-order valence-electron chi connectivity index (χ3n) is 4.57. The Morgan fingerprint density at radius 3 is 2.64 bits per heavy atom. The fourth-order valence-electron chi connectivity index (χ4n) is 2.72. The number of carbonyl (C=O) groups is 2. The highest BCUT2D eigenvalue weighted by Gasteiger charge is 2.33. The molecule has 1 aliphatic rings. The van der Waals surface area contributed by atoms with Crippen molar-refractivity contribution in [2.24, 2.45) is 0 Å². The van der Waals surface area contributed by atoms with Crippen molar-refractivity contribution in [1.82, 2.24) is 10.4 Å². The van der Waals surface area contributed by atoms with E-state index in [0.29, 0.717) is 32.1 Å². The number of thioether (sulfide) groups is 1. The number of benzene rings is 2. The number of ether oxygens (including phenoxy) is 2. The molecule has 1 saturated heterocycles. The van der Waals surface area contributed by atoms with Crippen LogP contribution in [-0.2, 0) is 4.79 Å². The smallest absolute Gasteiger partial charge is 0.338 e.